The molecule has 0 saturated carbocycles. The zero-order chi connectivity index (χ0) is 23.9. The standard InChI is InChI=1S/C24H28FN9O/c25-22-17-27-24(31-23(22)33-10-12-35-13-11-33)32-28-16-19-6-7-20(15-26-19)30-18-4-3-5-21(14-18)34-9-2-1-8-29-34/h3-7,14-17,29-30H,1-2,8-13H2,(H,27,31,32)/b28-16+. The number of pyridine rings is 1. The quantitative estimate of drug-likeness (QED) is 0.350. The minimum absolute atomic E-state index is 0.213. The zero-order valence-corrected chi connectivity index (χ0v) is 19.3. The van der Waals surface area contributed by atoms with E-state index in [1.807, 2.05) is 29.2 Å². The van der Waals surface area contributed by atoms with Gasteiger partial charge in [0.2, 0.25) is 5.95 Å². The van der Waals surface area contributed by atoms with Gasteiger partial charge in [-0.2, -0.15) is 10.1 Å². The Morgan fingerprint density at radius 3 is 2.74 bits per heavy atom. The van der Waals surface area contributed by atoms with Crippen LogP contribution in [-0.2, 0) is 4.74 Å². The zero-order valence-electron chi connectivity index (χ0n) is 19.3. The van der Waals surface area contributed by atoms with Gasteiger partial charge in [-0.15, -0.1) is 0 Å². The summed E-state index contributed by atoms with van der Waals surface area (Å²) in [5.41, 5.74) is 9.83. The summed E-state index contributed by atoms with van der Waals surface area (Å²) in [5, 5.41) is 9.72. The highest BCUT2D eigenvalue weighted by molar-refractivity contribution is 5.78. The third kappa shape index (κ3) is 6.00. The van der Waals surface area contributed by atoms with Crippen molar-refractivity contribution in [3.05, 3.63) is 60.3 Å². The van der Waals surface area contributed by atoms with Gasteiger partial charge in [0, 0.05) is 31.9 Å². The Morgan fingerprint density at radius 2 is 1.94 bits per heavy atom. The second-order valence-electron chi connectivity index (χ2n) is 8.25. The molecule has 2 aliphatic heterocycles. The lowest BCUT2D eigenvalue weighted by atomic mass is 10.2. The van der Waals surface area contributed by atoms with Crippen LogP contribution < -0.4 is 26.1 Å². The summed E-state index contributed by atoms with van der Waals surface area (Å²) in [6.07, 6.45) is 6.85. The Balaban J connectivity index is 1.18. The van der Waals surface area contributed by atoms with Gasteiger partial charge in [0.05, 0.1) is 48.9 Å². The number of rotatable bonds is 7. The molecule has 4 heterocycles. The van der Waals surface area contributed by atoms with Crippen LogP contribution in [0.4, 0.5) is 33.2 Å². The number of halogens is 1. The fourth-order valence-electron chi connectivity index (χ4n) is 3.95. The highest BCUT2D eigenvalue weighted by atomic mass is 19.1. The minimum Gasteiger partial charge on any atom is -0.378 e. The number of hydrazine groups is 1. The molecule has 2 aliphatic rings. The van der Waals surface area contributed by atoms with Crippen LogP contribution >= 0.6 is 0 Å². The van der Waals surface area contributed by atoms with Gasteiger partial charge in [0.25, 0.3) is 0 Å². The maximum Gasteiger partial charge on any atom is 0.245 e. The van der Waals surface area contributed by atoms with E-state index in [-0.39, 0.29) is 11.8 Å². The van der Waals surface area contributed by atoms with Crippen molar-refractivity contribution in [2.75, 3.05) is 60.0 Å². The SMILES string of the molecule is Fc1cnc(N/N=C/c2ccc(Nc3cccc(N4CCCCN4)c3)cn2)nc1N1CCOCC1. The second kappa shape index (κ2) is 11.1. The van der Waals surface area contributed by atoms with Crippen molar-refractivity contribution < 1.29 is 9.13 Å². The van der Waals surface area contributed by atoms with Gasteiger partial charge in [-0.3, -0.25) is 4.98 Å². The molecule has 2 fully saturated rings. The number of benzene rings is 1. The third-order valence-electron chi connectivity index (χ3n) is 5.74. The average molecular weight is 478 g/mol. The van der Waals surface area contributed by atoms with Crippen molar-refractivity contribution in [3.8, 4) is 0 Å². The molecule has 0 atom stereocenters. The van der Waals surface area contributed by atoms with Crippen LogP contribution in [0.2, 0.25) is 0 Å². The molecule has 3 aromatic rings. The molecule has 0 aliphatic carbocycles. The summed E-state index contributed by atoms with van der Waals surface area (Å²) < 4.78 is 19.5. The Hall–Kier alpha value is -3.83. The van der Waals surface area contributed by atoms with Crippen molar-refractivity contribution in [2.24, 2.45) is 5.10 Å². The van der Waals surface area contributed by atoms with Crippen molar-refractivity contribution in [1.82, 2.24) is 20.4 Å². The fraction of sp³-hybridized carbons (Fsp3) is 0.333. The van der Waals surface area contributed by atoms with E-state index in [0.717, 1.165) is 36.3 Å². The normalized spacial score (nSPS) is 16.5. The van der Waals surface area contributed by atoms with Gasteiger partial charge in [-0.1, -0.05) is 6.07 Å². The van der Waals surface area contributed by atoms with Crippen LogP contribution in [0.25, 0.3) is 0 Å². The van der Waals surface area contributed by atoms with E-state index in [9.17, 15) is 4.39 Å². The summed E-state index contributed by atoms with van der Waals surface area (Å²) in [5.74, 6) is -0.0101. The lowest BCUT2D eigenvalue weighted by Gasteiger charge is -2.30. The van der Waals surface area contributed by atoms with Gasteiger partial charge < -0.3 is 20.0 Å². The number of aromatic nitrogens is 3. The van der Waals surface area contributed by atoms with Gasteiger partial charge in [-0.05, 0) is 43.2 Å². The van der Waals surface area contributed by atoms with Crippen LogP contribution in [0, 0.1) is 5.82 Å². The van der Waals surface area contributed by atoms with E-state index in [0.29, 0.717) is 32.0 Å². The van der Waals surface area contributed by atoms with Crippen molar-refractivity contribution in [1.29, 1.82) is 0 Å². The van der Waals surface area contributed by atoms with E-state index in [1.54, 1.807) is 12.4 Å². The van der Waals surface area contributed by atoms with Crippen molar-refractivity contribution in [3.63, 3.8) is 0 Å². The molecule has 0 amide bonds. The number of nitrogens with zero attached hydrogens (tertiary/aromatic N) is 6. The maximum absolute atomic E-state index is 14.2. The van der Waals surface area contributed by atoms with Gasteiger partial charge in [-0.25, -0.2) is 20.2 Å². The Labute approximate surface area is 203 Å². The molecular formula is C24H28FN9O. The number of hydrogen-bond acceptors (Lipinski definition) is 10. The molecule has 5 rings (SSSR count). The van der Waals surface area contributed by atoms with Crippen LogP contribution in [0.5, 0.6) is 0 Å². The Morgan fingerprint density at radius 1 is 1.03 bits per heavy atom. The molecule has 11 heteroatoms. The number of ether oxygens (including phenoxy) is 1. The monoisotopic (exact) mass is 477 g/mol. The molecule has 2 aromatic heterocycles. The highest BCUT2D eigenvalue weighted by Gasteiger charge is 2.17. The maximum atomic E-state index is 14.2. The highest BCUT2D eigenvalue weighted by Crippen LogP contribution is 2.23. The Kier molecular flexibility index (Phi) is 7.25. The lowest BCUT2D eigenvalue weighted by molar-refractivity contribution is 0.122. The van der Waals surface area contributed by atoms with E-state index in [2.05, 4.69) is 53.4 Å². The van der Waals surface area contributed by atoms with Gasteiger partial charge in [0.15, 0.2) is 11.6 Å². The predicted octanol–water partition coefficient (Wildman–Crippen LogP) is 3.14. The lowest BCUT2D eigenvalue weighted by Crippen LogP contribution is -2.43. The molecule has 3 N–H and O–H groups in total. The molecule has 2 saturated heterocycles. The predicted molar refractivity (Wildman–Crippen MR) is 135 cm³/mol. The van der Waals surface area contributed by atoms with Crippen molar-refractivity contribution >= 4 is 35.0 Å². The van der Waals surface area contributed by atoms with E-state index in [4.69, 9.17) is 4.74 Å². The fourth-order valence-corrected chi connectivity index (χ4v) is 3.95. The van der Waals surface area contributed by atoms with Gasteiger partial charge >= 0.3 is 0 Å². The van der Waals surface area contributed by atoms with Crippen LogP contribution in [-0.4, -0.2) is 60.6 Å². The first kappa shape index (κ1) is 22.9. The molecule has 0 spiro atoms. The van der Waals surface area contributed by atoms with Crippen molar-refractivity contribution in [2.45, 2.75) is 12.8 Å². The van der Waals surface area contributed by atoms with E-state index in [1.165, 1.54) is 12.8 Å². The van der Waals surface area contributed by atoms with Crippen LogP contribution in [0.15, 0.2) is 53.9 Å². The molecule has 35 heavy (non-hydrogen) atoms. The number of hydrazone groups is 1. The number of morpholine rings is 1. The minimum atomic E-state index is -0.469. The first-order valence-electron chi connectivity index (χ1n) is 11.7. The number of hydrogen-bond donors (Lipinski definition) is 3. The first-order valence-corrected chi connectivity index (χ1v) is 11.7. The molecule has 0 bridgehead atoms. The Bertz CT molecular complexity index is 1150. The van der Waals surface area contributed by atoms with Crippen LogP contribution in [0.1, 0.15) is 18.5 Å². The molecular weight excluding hydrogens is 449 g/mol. The first-order chi connectivity index (χ1) is 17.2. The largest absolute Gasteiger partial charge is 0.378 e. The van der Waals surface area contributed by atoms with E-state index < -0.39 is 5.82 Å². The molecule has 182 valence electrons. The second-order valence-corrected chi connectivity index (χ2v) is 8.25. The number of anilines is 5. The molecule has 10 nitrogen and oxygen atoms in total. The molecule has 1 aromatic carbocycles. The molecule has 0 unspecified atom stereocenters. The van der Waals surface area contributed by atoms with Gasteiger partial charge in [0.1, 0.15) is 0 Å². The molecule has 0 radical (unpaired) electrons. The third-order valence-corrected chi connectivity index (χ3v) is 5.74. The topological polar surface area (TPSA) is 103 Å². The average Bonchev–Trinajstić information content (AvgIpc) is 2.92. The smallest absolute Gasteiger partial charge is 0.245 e. The summed E-state index contributed by atoms with van der Waals surface area (Å²) in [4.78, 5) is 14.5. The summed E-state index contributed by atoms with van der Waals surface area (Å²) in [6.45, 7) is 4.26. The van der Waals surface area contributed by atoms with E-state index >= 15 is 0 Å². The summed E-state index contributed by atoms with van der Waals surface area (Å²) in [6, 6.07) is 12.1. The summed E-state index contributed by atoms with van der Waals surface area (Å²) in [7, 11) is 0. The number of nitrogens with one attached hydrogen (secondary N) is 3. The summed E-state index contributed by atoms with van der Waals surface area (Å²) >= 11 is 0. The van der Waals surface area contributed by atoms with Crippen LogP contribution in [0.3, 0.4) is 0 Å².